The lowest BCUT2D eigenvalue weighted by molar-refractivity contribution is -0.135. The molecule has 3 saturated heterocycles. The van der Waals surface area contributed by atoms with Gasteiger partial charge >= 0.3 is 0 Å². The van der Waals surface area contributed by atoms with Crippen LogP contribution in [-0.2, 0) is 0 Å². The highest BCUT2D eigenvalue weighted by Gasteiger charge is 2.52. The van der Waals surface area contributed by atoms with Crippen molar-refractivity contribution in [1.82, 2.24) is 10.0 Å². The fraction of sp³-hybridized carbons (Fsp3) is 1.00. The molecule has 0 aromatic carbocycles. The molecule has 4 bridgehead atoms. The zero-order chi connectivity index (χ0) is 9.12. The van der Waals surface area contributed by atoms with Crippen LogP contribution >= 0.6 is 0 Å². The summed E-state index contributed by atoms with van der Waals surface area (Å²) in [7, 11) is 0. The number of nitrogens with zero attached hydrogens (tertiary/aromatic N) is 2. The third-order valence-electron chi connectivity index (χ3n) is 5.05. The van der Waals surface area contributed by atoms with Crippen LogP contribution in [0.1, 0.15) is 51.4 Å². The maximum atomic E-state index is 2.83. The van der Waals surface area contributed by atoms with Gasteiger partial charge in [-0.1, -0.05) is 6.42 Å². The summed E-state index contributed by atoms with van der Waals surface area (Å²) in [5.41, 5.74) is 0. The normalized spacial score (nSPS) is 52.3. The SMILES string of the molecule is C1CC2CCC(C1)N1C3CCC(C3)N21. The predicted octanol–water partition coefficient (Wildman–Crippen LogP) is 2.16. The molecule has 0 radical (unpaired) electrons. The van der Waals surface area contributed by atoms with Gasteiger partial charge in [-0.2, -0.15) is 0 Å². The van der Waals surface area contributed by atoms with E-state index in [1.54, 1.807) is 0 Å². The monoisotopic (exact) mass is 192 g/mol. The highest BCUT2D eigenvalue weighted by atomic mass is 15.7. The molecular weight excluding hydrogens is 172 g/mol. The molecule has 2 aliphatic carbocycles. The van der Waals surface area contributed by atoms with Crippen molar-refractivity contribution in [2.75, 3.05) is 0 Å². The van der Waals surface area contributed by atoms with Crippen molar-refractivity contribution in [3.8, 4) is 0 Å². The second-order valence-corrected chi connectivity index (χ2v) is 5.70. The van der Waals surface area contributed by atoms with Crippen LogP contribution in [0.3, 0.4) is 0 Å². The molecule has 0 aromatic heterocycles. The summed E-state index contributed by atoms with van der Waals surface area (Å²) in [6.07, 6.45) is 11.9. The van der Waals surface area contributed by atoms with Gasteiger partial charge in [0.05, 0.1) is 0 Å². The van der Waals surface area contributed by atoms with Crippen molar-refractivity contribution in [2.45, 2.75) is 75.5 Å². The van der Waals surface area contributed by atoms with Crippen LogP contribution in [0.25, 0.3) is 0 Å². The van der Waals surface area contributed by atoms with Crippen molar-refractivity contribution in [2.24, 2.45) is 0 Å². The average molecular weight is 192 g/mol. The predicted molar refractivity (Wildman–Crippen MR) is 55.8 cm³/mol. The first-order chi connectivity index (χ1) is 6.93. The number of hydrogen-bond donors (Lipinski definition) is 0. The van der Waals surface area contributed by atoms with Gasteiger partial charge in [-0.05, 0) is 44.9 Å². The van der Waals surface area contributed by atoms with Crippen molar-refractivity contribution in [1.29, 1.82) is 0 Å². The van der Waals surface area contributed by atoms with Crippen molar-refractivity contribution < 1.29 is 0 Å². The van der Waals surface area contributed by atoms with Gasteiger partial charge < -0.3 is 0 Å². The van der Waals surface area contributed by atoms with E-state index < -0.39 is 0 Å². The maximum Gasteiger partial charge on any atom is 0.0265 e. The molecule has 5 rings (SSSR count). The van der Waals surface area contributed by atoms with E-state index in [4.69, 9.17) is 0 Å². The molecule has 0 amide bonds. The Bertz CT molecular complexity index is 225. The smallest absolute Gasteiger partial charge is 0.0265 e. The quantitative estimate of drug-likeness (QED) is 0.580. The topological polar surface area (TPSA) is 6.48 Å². The van der Waals surface area contributed by atoms with E-state index in [0.717, 1.165) is 24.2 Å². The minimum Gasteiger partial charge on any atom is -0.235 e. The van der Waals surface area contributed by atoms with Gasteiger partial charge in [-0.25, -0.2) is 10.0 Å². The molecule has 3 aliphatic heterocycles. The zero-order valence-corrected chi connectivity index (χ0v) is 8.86. The van der Waals surface area contributed by atoms with E-state index in [1.165, 1.54) is 51.4 Å². The van der Waals surface area contributed by atoms with Gasteiger partial charge in [0.15, 0.2) is 0 Å². The Morgan fingerprint density at radius 2 is 1.07 bits per heavy atom. The Morgan fingerprint density at radius 1 is 0.571 bits per heavy atom. The number of fused-ring (bicyclic) bond motifs is 5. The van der Waals surface area contributed by atoms with Crippen molar-refractivity contribution in [3.63, 3.8) is 0 Å². The van der Waals surface area contributed by atoms with Crippen LogP contribution in [0.4, 0.5) is 0 Å². The van der Waals surface area contributed by atoms with E-state index in [9.17, 15) is 0 Å². The molecule has 14 heavy (non-hydrogen) atoms. The van der Waals surface area contributed by atoms with Gasteiger partial charge in [0, 0.05) is 24.2 Å². The van der Waals surface area contributed by atoms with E-state index >= 15 is 0 Å². The first kappa shape index (κ1) is 8.12. The third-order valence-corrected chi connectivity index (χ3v) is 5.05. The Balaban J connectivity index is 1.74. The van der Waals surface area contributed by atoms with Gasteiger partial charge in [0.2, 0.25) is 0 Å². The third kappa shape index (κ3) is 0.892. The fourth-order valence-electron chi connectivity index (χ4n) is 4.56. The van der Waals surface area contributed by atoms with E-state index in [2.05, 4.69) is 10.0 Å². The zero-order valence-electron chi connectivity index (χ0n) is 8.86. The van der Waals surface area contributed by atoms with Crippen LogP contribution in [0.5, 0.6) is 0 Å². The Labute approximate surface area is 86.2 Å². The lowest BCUT2D eigenvalue weighted by atomic mass is 10.0. The molecule has 4 atom stereocenters. The Morgan fingerprint density at radius 3 is 1.64 bits per heavy atom. The maximum absolute atomic E-state index is 2.83. The highest BCUT2D eigenvalue weighted by Crippen LogP contribution is 2.47. The first-order valence-corrected chi connectivity index (χ1v) is 6.50. The number of rotatable bonds is 0. The summed E-state index contributed by atoms with van der Waals surface area (Å²) in [6.45, 7) is 0. The lowest BCUT2D eigenvalue weighted by Crippen LogP contribution is -2.58. The first-order valence-electron chi connectivity index (χ1n) is 6.50. The minimum atomic E-state index is 0.934. The standard InChI is InChI=1S/C12H20N2/c1-2-9-4-5-10(3-1)14-12-7-6-11(8-12)13(9)14/h9-12H,1-8H2. The summed E-state index contributed by atoms with van der Waals surface area (Å²) in [6, 6.07) is 3.77. The lowest BCUT2D eigenvalue weighted by Gasteiger charge is -2.49. The Kier molecular flexibility index (Phi) is 1.58. The second-order valence-electron chi connectivity index (χ2n) is 5.70. The number of hydrazine groups is 1. The molecule has 2 saturated carbocycles. The van der Waals surface area contributed by atoms with Gasteiger partial charge in [0.25, 0.3) is 0 Å². The molecule has 4 unspecified atom stereocenters. The van der Waals surface area contributed by atoms with E-state index in [0.29, 0.717) is 0 Å². The molecular formula is C12H20N2. The largest absolute Gasteiger partial charge is 0.235 e. The summed E-state index contributed by atoms with van der Waals surface area (Å²) < 4.78 is 0. The second kappa shape index (κ2) is 2.73. The highest BCUT2D eigenvalue weighted by molar-refractivity contribution is 5.02. The van der Waals surface area contributed by atoms with Crippen molar-refractivity contribution >= 4 is 0 Å². The summed E-state index contributed by atoms with van der Waals surface area (Å²) in [5.74, 6) is 0. The summed E-state index contributed by atoms with van der Waals surface area (Å²) in [4.78, 5) is 0. The average Bonchev–Trinajstić information content (AvgIpc) is 2.69. The molecule has 78 valence electrons. The van der Waals surface area contributed by atoms with Crippen LogP contribution in [0, 0.1) is 0 Å². The van der Waals surface area contributed by atoms with Gasteiger partial charge in [0.1, 0.15) is 0 Å². The van der Waals surface area contributed by atoms with Crippen molar-refractivity contribution in [3.05, 3.63) is 0 Å². The molecule has 0 spiro atoms. The van der Waals surface area contributed by atoms with Crippen LogP contribution < -0.4 is 0 Å². The molecule has 2 nitrogen and oxygen atoms in total. The van der Waals surface area contributed by atoms with E-state index in [1.807, 2.05) is 0 Å². The fourth-order valence-corrected chi connectivity index (χ4v) is 4.56. The summed E-state index contributed by atoms with van der Waals surface area (Å²) >= 11 is 0. The summed E-state index contributed by atoms with van der Waals surface area (Å²) in [5, 5.41) is 5.66. The van der Waals surface area contributed by atoms with E-state index in [-0.39, 0.29) is 0 Å². The molecule has 5 fully saturated rings. The van der Waals surface area contributed by atoms with Gasteiger partial charge in [-0.3, -0.25) is 0 Å². The minimum absolute atomic E-state index is 0.934. The van der Waals surface area contributed by atoms with Crippen LogP contribution in [-0.4, -0.2) is 34.2 Å². The molecule has 0 N–H and O–H groups in total. The number of hydrogen-bond acceptors (Lipinski definition) is 2. The Hall–Kier alpha value is -0.0800. The van der Waals surface area contributed by atoms with Crippen LogP contribution in [0.15, 0.2) is 0 Å². The van der Waals surface area contributed by atoms with Crippen LogP contribution in [0.2, 0.25) is 0 Å². The molecule has 3 heterocycles. The molecule has 0 aromatic rings. The van der Waals surface area contributed by atoms with Gasteiger partial charge in [-0.15, -0.1) is 0 Å². The molecule has 2 heteroatoms. The molecule has 5 aliphatic rings.